The van der Waals surface area contributed by atoms with Gasteiger partial charge in [0.1, 0.15) is 0 Å². The van der Waals surface area contributed by atoms with E-state index in [2.05, 4.69) is 27.0 Å². The first-order valence-corrected chi connectivity index (χ1v) is 6.90. The van der Waals surface area contributed by atoms with E-state index in [0.717, 1.165) is 17.7 Å². The Labute approximate surface area is 120 Å². The van der Waals surface area contributed by atoms with E-state index in [0.29, 0.717) is 29.5 Å². The Morgan fingerprint density at radius 2 is 2.19 bits per heavy atom. The van der Waals surface area contributed by atoms with Gasteiger partial charge in [-0.3, -0.25) is 9.78 Å². The molecule has 21 heavy (non-hydrogen) atoms. The van der Waals surface area contributed by atoms with Crippen molar-refractivity contribution >= 4 is 11.6 Å². The molecule has 1 aliphatic rings. The maximum atomic E-state index is 12.1. The van der Waals surface area contributed by atoms with Crippen LogP contribution in [0.3, 0.4) is 0 Å². The van der Waals surface area contributed by atoms with Crippen molar-refractivity contribution in [3.05, 3.63) is 42.0 Å². The van der Waals surface area contributed by atoms with Crippen LogP contribution in [-0.4, -0.2) is 30.3 Å². The summed E-state index contributed by atoms with van der Waals surface area (Å²) in [6, 6.07) is 3.74. The molecule has 3 aromatic heterocycles. The summed E-state index contributed by atoms with van der Waals surface area (Å²) in [5, 5.41) is 4.40. The molecular formula is C15H13N5O. The molecule has 1 aliphatic carbocycles. The fourth-order valence-corrected chi connectivity index (χ4v) is 2.69. The van der Waals surface area contributed by atoms with Crippen molar-refractivity contribution in [2.75, 3.05) is 0 Å². The number of carbonyl (C=O) groups excluding carboxylic acids is 1. The highest BCUT2D eigenvalue weighted by molar-refractivity contribution is 5.98. The topological polar surface area (TPSA) is 73.0 Å². The molecule has 0 saturated carbocycles. The molecule has 6 heteroatoms. The minimum Gasteiger partial charge on any atom is -0.294 e. The van der Waals surface area contributed by atoms with E-state index < -0.39 is 0 Å². The monoisotopic (exact) mass is 279 g/mol. The molecule has 0 saturated heterocycles. The van der Waals surface area contributed by atoms with Crippen LogP contribution in [0.4, 0.5) is 0 Å². The lowest BCUT2D eigenvalue weighted by molar-refractivity contribution is 0.0951. The number of hydrogen-bond donors (Lipinski definition) is 0. The third kappa shape index (κ3) is 1.99. The van der Waals surface area contributed by atoms with E-state index in [1.807, 2.05) is 12.1 Å². The molecule has 3 aromatic rings. The lowest BCUT2D eigenvalue weighted by Crippen LogP contribution is -2.20. The molecule has 0 radical (unpaired) electrons. The smallest absolute Gasteiger partial charge is 0.252 e. The predicted molar refractivity (Wildman–Crippen MR) is 75.8 cm³/mol. The fourth-order valence-electron chi connectivity index (χ4n) is 2.69. The quantitative estimate of drug-likeness (QED) is 0.680. The number of carbonyl (C=O) groups is 1. The Bertz CT molecular complexity index is 840. The number of pyridine rings is 1. The van der Waals surface area contributed by atoms with Gasteiger partial charge in [0.25, 0.3) is 5.78 Å². The van der Waals surface area contributed by atoms with Crippen molar-refractivity contribution in [1.29, 1.82) is 0 Å². The highest BCUT2D eigenvalue weighted by atomic mass is 16.1. The van der Waals surface area contributed by atoms with Gasteiger partial charge in [-0.25, -0.2) is 9.50 Å². The first-order valence-electron chi connectivity index (χ1n) is 6.90. The van der Waals surface area contributed by atoms with Gasteiger partial charge in [0.05, 0.1) is 11.3 Å². The van der Waals surface area contributed by atoms with Crippen LogP contribution in [0.1, 0.15) is 29.4 Å². The van der Waals surface area contributed by atoms with Crippen molar-refractivity contribution < 1.29 is 4.79 Å². The number of rotatable bonds is 1. The Morgan fingerprint density at radius 1 is 1.29 bits per heavy atom. The molecule has 0 aliphatic heterocycles. The number of aromatic nitrogens is 5. The number of nitrogens with zero attached hydrogens (tertiary/aromatic N) is 5. The third-order valence-corrected chi connectivity index (χ3v) is 3.71. The van der Waals surface area contributed by atoms with Crippen molar-refractivity contribution in [3.63, 3.8) is 0 Å². The van der Waals surface area contributed by atoms with Gasteiger partial charge in [0.2, 0.25) is 0 Å². The Hall–Kier alpha value is -2.63. The van der Waals surface area contributed by atoms with Crippen LogP contribution in [0.2, 0.25) is 0 Å². The highest BCUT2D eigenvalue weighted by Crippen LogP contribution is 2.24. The molecule has 0 aromatic carbocycles. The molecule has 3 heterocycles. The van der Waals surface area contributed by atoms with Crippen LogP contribution in [-0.2, 0) is 6.42 Å². The van der Waals surface area contributed by atoms with E-state index in [4.69, 9.17) is 0 Å². The van der Waals surface area contributed by atoms with E-state index in [9.17, 15) is 4.79 Å². The maximum absolute atomic E-state index is 12.1. The van der Waals surface area contributed by atoms with Crippen LogP contribution in [0.5, 0.6) is 0 Å². The van der Waals surface area contributed by atoms with E-state index in [1.54, 1.807) is 23.1 Å². The summed E-state index contributed by atoms with van der Waals surface area (Å²) in [7, 11) is 0. The molecule has 1 atom stereocenters. The molecule has 0 N–H and O–H groups in total. The predicted octanol–water partition coefficient (Wildman–Crippen LogP) is 1.95. The highest BCUT2D eigenvalue weighted by Gasteiger charge is 2.25. The summed E-state index contributed by atoms with van der Waals surface area (Å²) in [4.78, 5) is 25.1. The zero-order valence-corrected chi connectivity index (χ0v) is 11.5. The number of Topliss-reactive ketones (excluding diaryl/α,β-unsaturated/α-hetero) is 1. The molecule has 0 unspecified atom stereocenters. The van der Waals surface area contributed by atoms with E-state index in [-0.39, 0.29) is 5.78 Å². The van der Waals surface area contributed by atoms with Gasteiger partial charge in [-0.2, -0.15) is 4.98 Å². The maximum Gasteiger partial charge on any atom is 0.252 e. The largest absolute Gasteiger partial charge is 0.294 e. The zero-order valence-electron chi connectivity index (χ0n) is 11.5. The molecule has 104 valence electrons. The zero-order chi connectivity index (χ0) is 14.4. The van der Waals surface area contributed by atoms with Gasteiger partial charge in [-0.05, 0) is 24.5 Å². The summed E-state index contributed by atoms with van der Waals surface area (Å²) >= 11 is 0. The number of hydrogen-bond acceptors (Lipinski definition) is 5. The van der Waals surface area contributed by atoms with Crippen LogP contribution in [0, 0.1) is 5.92 Å². The van der Waals surface area contributed by atoms with Gasteiger partial charge >= 0.3 is 0 Å². The van der Waals surface area contributed by atoms with Crippen LogP contribution in [0.15, 0.2) is 30.7 Å². The molecule has 4 rings (SSSR count). The third-order valence-electron chi connectivity index (χ3n) is 3.71. The first-order chi connectivity index (χ1) is 10.2. The summed E-state index contributed by atoms with van der Waals surface area (Å²) in [5.41, 5.74) is 2.33. The SMILES string of the molecule is C[C@H]1CC(=O)c2cn3nc(-c4cccnc4)nc3nc2C1. The lowest BCUT2D eigenvalue weighted by Gasteiger charge is -2.18. The first kappa shape index (κ1) is 12.1. The molecular weight excluding hydrogens is 266 g/mol. The normalized spacial score (nSPS) is 18.0. The average Bonchev–Trinajstić information content (AvgIpc) is 2.89. The van der Waals surface area contributed by atoms with Gasteiger partial charge in [0.15, 0.2) is 11.6 Å². The number of fused-ring (bicyclic) bond motifs is 2. The summed E-state index contributed by atoms with van der Waals surface area (Å²) in [6.07, 6.45) is 6.55. The second-order valence-corrected chi connectivity index (χ2v) is 5.46. The molecule has 6 nitrogen and oxygen atoms in total. The van der Waals surface area contributed by atoms with Crippen molar-refractivity contribution in [2.45, 2.75) is 19.8 Å². The lowest BCUT2D eigenvalue weighted by atomic mass is 9.88. The second kappa shape index (κ2) is 4.44. The molecule has 0 spiro atoms. The minimum atomic E-state index is 0.136. The summed E-state index contributed by atoms with van der Waals surface area (Å²) in [5.74, 6) is 1.56. The second-order valence-electron chi connectivity index (χ2n) is 5.46. The molecule has 0 amide bonds. The van der Waals surface area contributed by atoms with Crippen molar-refractivity contribution in [2.24, 2.45) is 5.92 Å². The standard InChI is InChI=1S/C15H13N5O/c1-9-5-12-11(13(21)6-9)8-20-15(17-12)18-14(19-20)10-3-2-4-16-7-10/h2-4,7-9H,5-6H2,1H3/t9-/m1/s1. The van der Waals surface area contributed by atoms with Gasteiger partial charge in [0, 0.05) is 30.6 Å². The molecule has 0 fully saturated rings. The molecule has 0 bridgehead atoms. The van der Waals surface area contributed by atoms with E-state index >= 15 is 0 Å². The Kier molecular flexibility index (Phi) is 2.57. The van der Waals surface area contributed by atoms with Crippen LogP contribution < -0.4 is 0 Å². The minimum absolute atomic E-state index is 0.136. The Balaban J connectivity index is 1.88. The van der Waals surface area contributed by atoms with Crippen molar-refractivity contribution in [1.82, 2.24) is 24.6 Å². The number of ketones is 1. The van der Waals surface area contributed by atoms with Crippen LogP contribution >= 0.6 is 0 Å². The Morgan fingerprint density at radius 3 is 3.00 bits per heavy atom. The van der Waals surface area contributed by atoms with Gasteiger partial charge in [-0.15, -0.1) is 5.10 Å². The van der Waals surface area contributed by atoms with E-state index in [1.165, 1.54) is 0 Å². The van der Waals surface area contributed by atoms with Gasteiger partial charge in [-0.1, -0.05) is 6.92 Å². The summed E-state index contributed by atoms with van der Waals surface area (Å²) < 4.78 is 1.58. The van der Waals surface area contributed by atoms with Crippen molar-refractivity contribution in [3.8, 4) is 11.4 Å². The van der Waals surface area contributed by atoms with Crippen LogP contribution in [0.25, 0.3) is 17.2 Å². The average molecular weight is 279 g/mol. The van der Waals surface area contributed by atoms with Gasteiger partial charge < -0.3 is 0 Å². The summed E-state index contributed by atoms with van der Waals surface area (Å²) in [6.45, 7) is 2.07. The fraction of sp³-hybridized carbons (Fsp3) is 0.267.